The number of anilines is 3. The van der Waals surface area contributed by atoms with Crippen LogP contribution < -0.4 is 4.90 Å². The summed E-state index contributed by atoms with van der Waals surface area (Å²) < 4.78 is 15.7. The molecule has 0 spiro atoms. The Morgan fingerprint density at radius 1 is 0.357 bits per heavy atom. The van der Waals surface area contributed by atoms with Gasteiger partial charge in [-0.1, -0.05) is 127 Å². The number of fused-ring (bicyclic) bond motifs is 10. The Balaban J connectivity index is 1.03. The van der Waals surface area contributed by atoms with Gasteiger partial charge in [0.2, 0.25) is 0 Å². The summed E-state index contributed by atoms with van der Waals surface area (Å²) in [5.41, 5.74) is 12.2. The van der Waals surface area contributed by atoms with Gasteiger partial charge < -0.3 is 18.3 Å². The molecule has 0 saturated heterocycles. The summed E-state index contributed by atoms with van der Waals surface area (Å²) in [4.78, 5) is 2.29. The van der Waals surface area contributed by atoms with Crippen LogP contribution in [-0.4, -0.2) is 4.57 Å². The molecule has 0 unspecified atom stereocenters. The first-order chi connectivity index (χ1) is 27.8. The standard InChI is InChI=1S/C52H32N2O2/c1-2-12-37(13-3-1)53-45-19-7-4-14-39(45)40-29-27-36(32-48(40)53)33-24-25-35-31-38(28-26-34(35)30-33)54(46-20-10-17-43-41-15-5-8-22-49(41)55-51(43)46)47-21-11-18-44-42-16-6-9-23-50(42)56-52(44)47/h1-32H. The minimum absolute atomic E-state index is 0.834. The number of rotatable bonds is 5. The molecular weight excluding hydrogens is 685 g/mol. The maximum atomic E-state index is 6.64. The summed E-state index contributed by atoms with van der Waals surface area (Å²) in [6, 6.07) is 69.0. The van der Waals surface area contributed by atoms with Crippen LogP contribution in [-0.2, 0) is 0 Å². The van der Waals surface area contributed by atoms with Crippen molar-refractivity contribution in [2.24, 2.45) is 0 Å². The van der Waals surface area contributed by atoms with E-state index in [9.17, 15) is 0 Å². The van der Waals surface area contributed by atoms with Gasteiger partial charge in [0.1, 0.15) is 11.2 Å². The van der Waals surface area contributed by atoms with E-state index in [1.807, 2.05) is 24.3 Å². The molecule has 0 radical (unpaired) electrons. The molecule has 12 rings (SSSR count). The molecule has 0 N–H and O–H groups in total. The van der Waals surface area contributed by atoms with Crippen molar-refractivity contribution in [3.05, 3.63) is 194 Å². The molecule has 0 atom stereocenters. The maximum absolute atomic E-state index is 6.64. The van der Waals surface area contributed by atoms with Gasteiger partial charge in [-0.05, 0) is 88.6 Å². The van der Waals surface area contributed by atoms with Crippen molar-refractivity contribution in [2.45, 2.75) is 0 Å². The number of nitrogens with zero attached hydrogens (tertiary/aromatic N) is 2. The molecule has 0 aliphatic rings. The lowest BCUT2D eigenvalue weighted by Gasteiger charge is -2.26. The van der Waals surface area contributed by atoms with E-state index >= 15 is 0 Å². The molecule has 0 aliphatic heterocycles. The van der Waals surface area contributed by atoms with Gasteiger partial charge in [-0.3, -0.25) is 0 Å². The fourth-order valence-electron chi connectivity index (χ4n) is 8.78. The van der Waals surface area contributed by atoms with E-state index in [0.29, 0.717) is 0 Å². The lowest BCUT2D eigenvalue weighted by Crippen LogP contribution is -2.10. The Hall–Kier alpha value is -7.56. The zero-order valence-corrected chi connectivity index (χ0v) is 30.2. The van der Waals surface area contributed by atoms with E-state index in [4.69, 9.17) is 8.83 Å². The van der Waals surface area contributed by atoms with Gasteiger partial charge in [0, 0.05) is 43.7 Å². The number of para-hydroxylation sites is 6. The monoisotopic (exact) mass is 716 g/mol. The second kappa shape index (κ2) is 12.0. The quantitative estimate of drug-likeness (QED) is 0.178. The minimum Gasteiger partial charge on any atom is -0.454 e. The van der Waals surface area contributed by atoms with Crippen molar-refractivity contribution >= 4 is 93.5 Å². The fraction of sp³-hybridized carbons (Fsp3) is 0. The average Bonchev–Trinajstić information content (AvgIpc) is 3.94. The highest BCUT2D eigenvalue weighted by Gasteiger charge is 2.23. The maximum Gasteiger partial charge on any atom is 0.159 e. The lowest BCUT2D eigenvalue weighted by atomic mass is 9.99. The highest BCUT2D eigenvalue weighted by Crippen LogP contribution is 2.46. The van der Waals surface area contributed by atoms with Gasteiger partial charge in [-0.2, -0.15) is 0 Å². The van der Waals surface area contributed by atoms with Crippen molar-refractivity contribution in [1.82, 2.24) is 4.57 Å². The van der Waals surface area contributed by atoms with Gasteiger partial charge in [0.05, 0.1) is 22.4 Å². The largest absolute Gasteiger partial charge is 0.454 e. The van der Waals surface area contributed by atoms with E-state index in [0.717, 1.165) is 72.0 Å². The molecule has 0 aliphatic carbocycles. The second-order valence-electron chi connectivity index (χ2n) is 14.5. The summed E-state index contributed by atoms with van der Waals surface area (Å²) in [5.74, 6) is 0. The predicted molar refractivity (Wildman–Crippen MR) is 233 cm³/mol. The third-order valence-corrected chi connectivity index (χ3v) is 11.4. The van der Waals surface area contributed by atoms with Crippen LogP contribution in [0.15, 0.2) is 203 Å². The third kappa shape index (κ3) is 4.60. The molecule has 0 saturated carbocycles. The molecular formula is C52H32N2O2. The van der Waals surface area contributed by atoms with Crippen LogP contribution >= 0.6 is 0 Å². The van der Waals surface area contributed by atoms with E-state index < -0.39 is 0 Å². The smallest absolute Gasteiger partial charge is 0.159 e. The Morgan fingerprint density at radius 2 is 0.893 bits per heavy atom. The number of furan rings is 2. The summed E-state index contributed by atoms with van der Waals surface area (Å²) in [5, 5.41) is 9.16. The van der Waals surface area contributed by atoms with Crippen molar-refractivity contribution in [1.29, 1.82) is 0 Å². The van der Waals surface area contributed by atoms with E-state index in [2.05, 4.69) is 179 Å². The molecule has 9 aromatic carbocycles. The van der Waals surface area contributed by atoms with Crippen molar-refractivity contribution in [3.8, 4) is 16.8 Å². The highest BCUT2D eigenvalue weighted by molar-refractivity contribution is 6.14. The van der Waals surface area contributed by atoms with Crippen LogP contribution in [0.25, 0.3) is 93.3 Å². The number of hydrogen-bond acceptors (Lipinski definition) is 3. The van der Waals surface area contributed by atoms with Gasteiger partial charge in [-0.15, -0.1) is 0 Å². The summed E-state index contributed by atoms with van der Waals surface area (Å²) in [7, 11) is 0. The molecule has 0 amide bonds. The topological polar surface area (TPSA) is 34.5 Å². The number of benzene rings is 9. The van der Waals surface area contributed by atoms with Crippen LogP contribution in [0.4, 0.5) is 17.1 Å². The first kappa shape index (κ1) is 30.9. The molecule has 56 heavy (non-hydrogen) atoms. The van der Waals surface area contributed by atoms with E-state index in [-0.39, 0.29) is 0 Å². The zero-order chi connectivity index (χ0) is 36.7. The average molecular weight is 717 g/mol. The Labute approximate surface area is 321 Å². The zero-order valence-electron chi connectivity index (χ0n) is 30.2. The van der Waals surface area contributed by atoms with Crippen LogP contribution in [0.3, 0.4) is 0 Å². The number of aromatic nitrogens is 1. The summed E-state index contributed by atoms with van der Waals surface area (Å²) in [6.45, 7) is 0. The molecule has 0 bridgehead atoms. The second-order valence-corrected chi connectivity index (χ2v) is 14.5. The molecule has 0 fully saturated rings. The van der Waals surface area contributed by atoms with E-state index in [1.54, 1.807) is 0 Å². The Bertz CT molecular complexity index is 3380. The molecule has 3 heterocycles. The fourth-order valence-corrected chi connectivity index (χ4v) is 8.78. The normalized spacial score (nSPS) is 11.9. The predicted octanol–water partition coefficient (Wildman–Crippen LogP) is 14.9. The van der Waals surface area contributed by atoms with Gasteiger partial charge in [-0.25, -0.2) is 0 Å². The van der Waals surface area contributed by atoms with Gasteiger partial charge >= 0.3 is 0 Å². The summed E-state index contributed by atoms with van der Waals surface area (Å²) >= 11 is 0. The SMILES string of the molecule is c1ccc(-n2c3ccccc3c3ccc(-c4ccc5cc(N(c6cccc7c6oc6ccccc67)c6cccc7c6oc6ccccc67)ccc5c4)cc32)cc1. The third-order valence-electron chi connectivity index (χ3n) is 11.4. The van der Waals surface area contributed by atoms with E-state index in [1.165, 1.54) is 38.3 Å². The van der Waals surface area contributed by atoms with Gasteiger partial charge in [0.15, 0.2) is 11.2 Å². The molecule has 12 aromatic rings. The van der Waals surface area contributed by atoms with Crippen molar-refractivity contribution in [3.63, 3.8) is 0 Å². The van der Waals surface area contributed by atoms with Crippen LogP contribution in [0.2, 0.25) is 0 Å². The van der Waals surface area contributed by atoms with Crippen LogP contribution in [0.5, 0.6) is 0 Å². The molecule has 3 aromatic heterocycles. The highest BCUT2D eigenvalue weighted by atomic mass is 16.3. The lowest BCUT2D eigenvalue weighted by molar-refractivity contribution is 0.666. The Morgan fingerprint density at radius 3 is 1.61 bits per heavy atom. The number of hydrogen-bond donors (Lipinski definition) is 0. The van der Waals surface area contributed by atoms with Gasteiger partial charge in [0.25, 0.3) is 0 Å². The van der Waals surface area contributed by atoms with Crippen molar-refractivity contribution in [2.75, 3.05) is 4.90 Å². The van der Waals surface area contributed by atoms with Crippen LogP contribution in [0.1, 0.15) is 0 Å². The molecule has 262 valence electrons. The Kier molecular flexibility index (Phi) is 6.60. The first-order valence-corrected chi connectivity index (χ1v) is 19.0. The van der Waals surface area contributed by atoms with Crippen molar-refractivity contribution < 1.29 is 8.83 Å². The summed E-state index contributed by atoms with van der Waals surface area (Å²) in [6.07, 6.45) is 0. The molecule has 4 nitrogen and oxygen atoms in total. The minimum atomic E-state index is 0.834. The van der Waals surface area contributed by atoms with Crippen LogP contribution in [0, 0.1) is 0 Å². The first-order valence-electron chi connectivity index (χ1n) is 19.0. The molecule has 4 heteroatoms.